The number of carbonyl (C=O) groups is 1. The molecule has 110 valence electrons. The zero-order chi connectivity index (χ0) is 14.6. The van der Waals surface area contributed by atoms with E-state index in [1.807, 2.05) is 20.8 Å². The Labute approximate surface area is 122 Å². The van der Waals surface area contributed by atoms with Crippen molar-refractivity contribution in [2.45, 2.75) is 52.4 Å². The molecule has 0 bridgehead atoms. The molecule has 0 unspecified atom stereocenters. The average Bonchev–Trinajstić information content (AvgIpc) is 2.48. The molecular weight excluding hydrogens is 248 g/mol. The molecule has 20 heavy (non-hydrogen) atoms. The van der Waals surface area contributed by atoms with E-state index in [0.29, 0.717) is 18.4 Å². The molecule has 0 heterocycles. The summed E-state index contributed by atoms with van der Waals surface area (Å²) >= 11 is 0. The third-order valence-corrected chi connectivity index (χ3v) is 4.82. The molecule has 2 rings (SSSR count). The number of rotatable bonds is 4. The maximum atomic E-state index is 12.1. The normalized spacial score (nSPS) is 23.4. The Hall–Kier alpha value is -1.31. The predicted octanol–water partition coefficient (Wildman–Crippen LogP) is 4.55. The minimum absolute atomic E-state index is 0.0387. The maximum Gasteiger partial charge on any atom is 0.311 e. The second-order valence-corrected chi connectivity index (χ2v) is 6.40. The zero-order valence-corrected chi connectivity index (χ0v) is 12.9. The van der Waals surface area contributed by atoms with Gasteiger partial charge < -0.3 is 4.74 Å². The summed E-state index contributed by atoms with van der Waals surface area (Å²) in [7, 11) is 0. The molecule has 0 amide bonds. The third kappa shape index (κ3) is 3.23. The number of carbonyl (C=O) groups excluding carboxylic acids is 1. The van der Waals surface area contributed by atoms with E-state index in [2.05, 4.69) is 30.3 Å². The van der Waals surface area contributed by atoms with Crippen molar-refractivity contribution in [3.05, 3.63) is 35.9 Å². The van der Waals surface area contributed by atoms with Crippen LogP contribution in [0, 0.1) is 11.3 Å². The van der Waals surface area contributed by atoms with E-state index in [9.17, 15) is 4.79 Å². The van der Waals surface area contributed by atoms with Crippen LogP contribution in [0.5, 0.6) is 0 Å². The first kappa shape index (κ1) is 15.1. The minimum Gasteiger partial charge on any atom is -0.466 e. The van der Waals surface area contributed by atoms with Gasteiger partial charge in [0.05, 0.1) is 12.0 Å². The van der Waals surface area contributed by atoms with Crippen molar-refractivity contribution >= 4 is 5.97 Å². The molecule has 1 fully saturated rings. The fourth-order valence-corrected chi connectivity index (χ4v) is 3.36. The van der Waals surface area contributed by atoms with Crippen LogP contribution >= 0.6 is 0 Å². The molecule has 0 spiro atoms. The summed E-state index contributed by atoms with van der Waals surface area (Å²) < 4.78 is 5.23. The number of benzene rings is 1. The van der Waals surface area contributed by atoms with E-state index in [4.69, 9.17) is 4.74 Å². The standard InChI is InChI=1S/C18H26O2/c1-4-20-17(19)18(2,3)16-12-10-15(11-13-16)14-8-6-5-7-9-14/h5-9,15-16H,4,10-13H2,1-3H3. The van der Waals surface area contributed by atoms with E-state index < -0.39 is 0 Å². The summed E-state index contributed by atoms with van der Waals surface area (Å²) in [4.78, 5) is 12.1. The molecule has 0 N–H and O–H groups in total. The highest BCUT2D eigenvalue weighted by Gasteiger charge is 2.40. The summed E-state index contributed by atoms with van der Waals surface area (Å²) in [5.41, 5.74) is 1.09. The second-order valence-electron chi connectivity index (χ2n) is 6.40. The SMILES string of the molecule is CCOC(=O)C(C)(C)C1CCC(c2ccccc2)CC1. The number of ether oxygens (including phenoxy) is 1. The van der Waals surface area contributed by atoms with Crippen LogP contribution in [0.4, 0.5) is 0 Å². The van der Waals surface area contributed by atoms with E-state index >= 15 is 0 Å². The molecule has 0 saturated heterocycles. The highest BCUT2D eigenvalue weighted by molar-refractivity contribution is 5.76. The van der Waals surface area contributed by atoms with Crippen molar-refractivity contribution in [2.75, 3.05) is 6.61 Å². The van der Waals surface area contributed by atoms with Crippen LogP contribution in [0.15, 0.2) is 30.3 Å². The summed E-state index contributed by atoms with van der Waals surface area (Å²) in [5, 5.41) is 0. The van der Waals surface area contributed by atoms with Gasteiger partial charge in [0.15, 0.2) is 0 Å². The van der Waals surface area contributed by atoms with Crippen LogP contribution in [0.2, 0.25) is 0 Å². The highest BCUT2D eigenvalue weighted by Crippen LogP contribution is 2.43. The Kier molecular flexibility index (Phi) is 4.85. The Bertz CT molecular complexity index is 428. The molecule has 1 aromatic rings. The van der Waals surface area contributed by atoms with Crippen LogP contribution in [0.3, 0.4) is 0 Å². The van der Waals surface area contributed by atoms with Crippen LogP contribution in [-0.2, 0) is 9.53 Å². The van der Waals surface area contributed by atoms with Gasteiger partial charge in [0.2, 0.25) is 0 Å². The van der Waals surface area contributed by atoms with Crippen LogP contribution in [-0.4, -0.2) is 12.6 Å². The van der Waals surface area contributed by atoms with Crippen molar-refractivity contribution in [1.82, 2.24) is 0 Å². The molecule has 2 heteroatoms. The molecule has 1 aliphatic carbocycles. The Morgan fingerprint density at radius 2 is 1.75 bits per heavy atom. The van der Waals surface area contributed by atoms with E-state index in [-0.39, 0.29) is 11.4 Å². The quantitative estimate of drug-likeness (QED) is 0.753. The minimum atomic E-state index is -0.350. The predicted molar refractivity (Wildman–Crippen MR) is 81.6 cm³/mol. The molecular formula is C18H26O2. The van der Waals surface area contributed by atoms with Gasteiger partial charge in [0.1, 0.15) is 0 Å². The number of hydrogen-bond donors (Lipinski definition) is 0. The van der Waals surface area contributed by atoms with Crippen LogP contribution < -0.4 is 0 Å². The summed E-state index contributed by atoms with van der Waals surface area (Å²) in [6, 6.07) is 10.7. The third-order valence-electron chi connectivity index (χ3n) is 4.82. The second kappa shape index (κ2) is 6.43. The lowest BCUT2D eigenvalue weighted by Gasteiger charge is -2.37. The number of esters is 1. The van der Waals surface area contributed by atoms with Crippen molar-refractivity contribution in [3.8, 4) is 0 Å². The van der Waals surface area contributed by atoms with Gasteiger partial charge in [0.25, 0.3) is 0 Å². The number of hydrogen-bond acceptors (Lipinski definition) is 2. The first-order chi connectivity index (χ1) is 9.55. The van der Waals surface area contributed by atoms with E-state index in [1.54, 1.807) is 0 Å². The van der Waals surface area contributed by atoms with E-state index in [1.165, 1.54) is 18.4 Å². The summed E-state index contributed by atoms with van der Waals surface area (Å²) in [6.07, 6.45) is 4.59. The zero-order valence-electron chi connectivity index (χ0n) is 12.9. The Balaban J connectivity index is 1.95. The van der Waals surface area contributed by atoms with Gasteiger partial charge in [-0.3, -0.25) is 4.79 Å². The molecule has 1 saturated carbocycles. The first-order valence-corrected chi connectivity index (χ1v) is 7.78. The van der Waals surface area contributed by atoms with E-state index in [0.717, 1.165) is 12.8 Å². The van der Waals surface area contributed by atoms with Gasteiger partial charge in [-0.1, -0.05) is 30.3 Å². The molecule has 0 atom stereocenters. The fourth-order valence-electron chi connectivity index (χ4n) is 3.36. The van der Waals surface area contributed by atoms with Gasteiger partial charge in [-0.25, -0.2) is 0 Å². The largest absolute Gasteiger partial charge is 0.466 e. The fraction of sp³-hybridized carbons (Fsp3) is 0.611. The topological polar surface area (TPSA) is 26.3 Å². The summed E-state index contributed by atoms with van der Waals surface area (Å²) in [5.74, 6) is 1.06. The molecule has 1 aromatic carbocycles. The average molecular weight is 274 g/mol. The van der Waals surface area contributed by atoms with Gasteiger partial charge in [0, 0.05) is 0 Å². The monoisotopic (exact) mass is 274 g/mol. The van der Waals surface area contributed by atoms with Gasteiger partial charge >= 0.3 is 5.97 Å². The lowest BCUT2D eigenvalue weighted by molar-refractivity contribution is -0.157. The van der Waals surface area contributed by atoms with Crippen molar-refractivity contribution < 1.29 is 9.53 Å². The summed E-state index contributed by atoms with van der Waals surface area (Å²) in [6.45, 7) is 6.43. The smallest absolute Gasteiger partial charge is 0.311 e. The Morgan fingerprint density at radius 3 is 2.30 bits per heavy atom. The molecule has 2 nitrogen and oxygen atoms in total. The Morgan fingerprint density at radius 1 is 1.15 bits per heavy atom. The molecule has 0 aliphatic heterocycles. The van der Waals surface area contributed by atoms with Crippen molar-refractivity contribution in [1.29, 1.82) is 0 Å². The first-order valence-electron chi connectivity index (χ1n) is 7.78. The van der Waals surface area contributed by atoms with Crippen molar-refractivity contribution in [3.63, 3.8) is 0 Å². The molecule has 0 radical (unpaired) electrons. The van der Waals surface area contributed by atoms with Crippen LogP contribution in [0.25, 0.3) is 0 Å². The highest BCUT2D eigenvalue weighted by atomic mass is 16.5. The van der Waals surface area contributed by atoms with Gasteiger partial charge in [-0.15, -0.1) is 0 Å². The lowest BCUT2D eigenvalue weighted by atomic mass is 9.68. The molecule has 0 aromatic heterocycles. The molecule has 1 aliphatic rings. The van der Waals surface area contributed by atoms with Gasteiger partial charge in [-0.05, 0) is 63.9 Å². The van der Waals surface area contributed by atoms with Crippen molar-refractivity contribution in [2.24, 2.45) is 11.3 Å². The lowest BCUT2D eigenvalue weighted by Crippen LogP contribution is -2.36. The van der Waals surface area contributed by atoms with Gasteiger partial charge in [-0.2, -0.15) is 0 Å². The maximum absolute atomic E-state index is 12.1. The van der Waals surface area contributed by atoms with Crippen LogP contribution in [0.1, 0.15) is 57.9 Å².